The topological polar surface area (TPSA) is 422 Å². The first-order chi connectivity index (χ1) is 58.1. The second-order valence-corrected chi connectivity index (χ2v) is 33.5. The van der Waals surface area contributed by atoms with E-state index in [9.17, 15) is 80.6 Å². The van der Waals surface area contributed by atoms with Crippen LogP contribution in [0.15, 0.2) is 31.0 Å². The number of carboxylic acids is 1. The number of carbonyl (C=O) groups excluding carboxylic acids is 3. The number of aliphatic carboxylic acids is 1. The van der Waals surface area contributed by atoms with Gasteiger partial charge in [-0.1, -0.05) is 15.9 Å². The first-order valence-electron chi connectivity index (χ1n) is 38.8. The molecule has 7 N–H and O–H groups in total. The average Bonchev–Trinajstić information content (AvgIpc) is 0.783. The molecule has 6 fully saturated rings. The van der Waals surface area contributed by atoms with Crippen LogP contribution in [0.5, 0.6) is 28.7 Å². The zero-order chi connectivity index (χ0) is 92.6. The summed E-state index contributed by atoms with van der Waals surface area (Å²) in [5, 5.41) is 47.7. The molecule has 0 aromatic carbocycles. The van der Waals surface area contributed by atoms with Crippen LogP contribution in [0.4, 0.5) is 81.8 Å². The van der Waals surface area contributed by atoms with Gasteiger partial charge < -0.3 is 73.4 Å². The first kappa shape index (κ1) is 123. The molecular formula is C74H100BBrCl5F12K2N15NaO16S. The Morgan fingerprint density at radius 1 is 0.555 bits per heavy atom. The molecule has 3 radical (unpaired) electrons. The van der Waals surface area contributed by atoms with Crippen LogP contribution in [0, 0.1) is 35.5 Å². The Hall–Kier alpha value is -3.06. The van der Waals surface area contributed by atoms with Crippen molar-refractivity contribution in [1.29, 1.82) is 0 Å². The molecular weight excluding hydrogens is 1980 g/mol. The van der Waals surface area contributed by atoms with Gasteiger partial charge >= 0.3 is 138 Å². The van der Waals surface area contributed by atoms with Gasteiger partial charge in [-0.25, -0.2) is 77.6 Å². The summed E-state index contributed by atoms with van der Waals surface area (Å²) in [6.07, 6.45) is 7.09. The van der Waals surface area contributed by atoms with Gasteiger partial charge in [0.05, 0.1) is 60.6 Å². The van der Waals surface area contributed by atoms with Gasteiger partial charge in [0, 0.05) is 133 Å². The van der Waals surface area contributed by atoms with Crippen molar-refractivity contribution in [2.24, 2.45) is 35.5 Å². The number of hydrogen-bond donors (Lipinski definition) is 7. The predicted octanol–water partition coefficient (Wildman–Crippen LogP) is 6.40. The van der Waals surface area contributed by atoms with Crippen molar-refractivity contribution in [1.82, 2.24) is 49.8 Å². The molecule has 6 saturated carbocycles. The number of aliphatic hydroxyl groups is 1. The van der Waals surface area contributed by atoms with Crippen molar-refractivity contribution in [2.45, 2.75) is 208 Å². The molecule has 128 heavy (non-hydrogen) atoms. The van der Waals surface area contributed by atoms with Crippen molar-refractivity contribution in [2.75, 3.05) is 99.4 Å². The number of rotatable bonds is 23. The predicted molar refractivity (Wildman–Crippen MR) is 443 cm³/mol. The molecule has 0 amide bonds. The van der Waals surface area contributed by atoms with Gasteiger partial charge in [-0.15, -0.1) is 0 Å². The third kappa shape index (κ3) is 44.8. The molecule has 12 rings (SSSR count). The minimum atomic E-state index is -3.76. The van der Waals surface area contributed by atoms with Crippen molar-refractivity contribution in [3.05, 3.63) is 57.4 Å². The first-order valence-corrected chi connectivity index (χ1v) is 43.6. The summed E-state index contributed by atoms with van der Waals surface area (Å²) in [4.78, 5) is 85.1. The van der Waals surface area contributed by atoms with Gasteiger partial charge in [-0.2, -0.15) is 33.3 Å². The molecule has 7 aliphatic rings. The summed E-state index contributed by atoms with van der Waals surface area (Å²) in [5.74, 6) is -14.4. The minimum Gasteiger partial charge on any atom is -1.00 e. The third-order valence-corrected chi connectivity index (χ3v) is 22.8. The van der Waals surface area contributed by atoms with Gasteiger partial charge in [0.15, 0.2) is 63.6 Å². The summed E-state index contributed by atoms with van der Waals surface area (Å²) in [6, 6.07) is 0.0598. The van der Waals surface area contributed by atoms with Crippen molar-refractivity contribution < 1.29 is 264 Å². The van der Waals surface area contributed by atoms with Crippen LogP contribution in [0.3, 0.4) is 0 Å². The van der Waals surface area contributed by atoms with Gasteiger partial charge in [-0.05, 0) is 153 Å². The fourth-order valence-electron chi connectivity index (χ4n) is 13.7. The number of halogens is 18. The van der Waals surface area contributed by atoms with Crippen molar-refractivity contribution in [3.63, 3.8) is 0 Å². The molecule has 3 atom stereocenters. The zero-order valence-corrected chi connectivity index (χ0v) is 86.0. The normalized spacial score (nSPS) is 19.4. The molecule has 705 valence electrons. The number of fused-ring (bicyclic) bond motifs is 1. The van der Waals surface area contributed by atoms with Crippen LogP contribution < -0.4 is 183 Å². The Morgan fingerprint density at radius 3 is 1.25 bits per heavy atom. The number of hydrogen-bond acceptors (Lipinski definition) is 30. The monoisotopic (exact) mass is 2080 g/mol. The molecule has 5 aromatic heterocycles. The van der Waals surface area contributed by atoms with E-state index in [0.717, 1.165) is 6.26 Å². The molecule has 5 aromatic rings. The van der Waals surface area contributed by atoms with Crippen LogP contribution in [-0.4, -0.2) is 233 Å². The molecule has 6 aliphatic carbocycles. The van der Waals surface area contributed by atoms with Gasteiger partial charge in [-0.3, -0.25) is 23.4 Å². The smallest absolute Gasteiger partial charge is 1.00 e. The second kappa shape index (κ2) is 59.2. The van der Waals surface area contributed by atoms with E-state index in [0.29, 0.717) is 96.8 Å². The van der Waals surface area contributed by atoms with Gasteiger partial charge in [0.25, 0.3) is 16.6 Å². The van der Waals surface area contributed by atoms with E-state index >= 15 is 0 Å². The summed E-state index contributed by atoms with van der Waals surface area (Å²) in [5.41, 5.74) is 0. The van der Waals surface area contributed by atoms with Crippen molar-refractivity contribution >= 4 is 146 Å². The van der Waals surface area contributed by atoms with Gasteiger partial charge in [0.2, 0.25) is 62.0 Å². The molecule has 1 aliphatic heterocycles. The Balaban J connectivity index is 0. The van der Waals surface area contributed by atoms with Gasteiger partial charge in [0.1, 0.15) is 38.3 Å². The number of nitrogens with one attached hydrogen (secondary N) is 4. The molecule has 31 nitrogen and oxygen atoms in total. The molecule has 6 heterocycles. The summed E-state index contributed by atoms with van der Waals surface area (Å²) in [6.45, 7) is -0.0144. The van der Waals surface area contributed by atoms with Crippen LogP contribution >= 0.6 is 73.9 Å². The average molecular weight is 2080 g/mol. The van der Waals surface area contributed by atoms with E-state index in [1.165, 1.54) is 24.8 Å². The number of anilines is 5. The summed E-state index contributed by atoms with van der Waals surface area (Å²) >= 11 is 31.3. The van der Waals surface area contributed by atoms with E-state index in [2.05, 4.69) is 91.9 Å². The van der Waals surface area contributed by atoms with E-state index in [4.69, 9.17) is 101 Å². The Morgan fingerprint density at radius 2 is 0.883 bits per heavy atom. The number of aromatic hydroxyl groups is 1. The van der Waals surface area contributed by atoms with E-state index in [1.807, 2.05) is 11.9 Å². The quantitative estimate of drug-likeness (QED) is 0.00544. The maximum Gasteiger partial charge on any atom is 1.00 e. The van der Waals surface area contributed by atoms with Crippen molar-refractivity contribution in [3.8, 4) is 28.7 Å². The second-order valence-electron chi connectivity index (χ2n) is 29.6. The summed E-state index contributed by atoms with van der Waals surface area (Å²) < 4.78 is 206. The standard InChI is InChI=1S/C14H20ClF2N3O4S.C13H18ClF2N3O2.C13H16ClF2N3O2.C13H16ClF2N3O.C8H11BrF2O.C7H10F2O2.C5H6ClN3O.CH2O3.B.2K.Na.2H/c1-18-12-10(7-19-13(15)20-12)23-8-11(24-25(2,21)22)9-3-5-14(16,17)6-4-9;2*1-17-11-10(6-18-12(14)19-11)21-7-9(20)8-2-4-13(15,16)5-3-8;1-19-9(8-2-4-13(15,16)5-3-8)7-20-10-6-17-12(14)18-11(10)19;9-5-7(12)6-1-3-8(10,11)4-2-6;8-7(9)3-1-5(2-4-7)6(10)11;1-7-4-3(10)2-8-5(6)9-4;2-1-4-3;;;;;;/h7,9,11H,3-6,8H2,1-2H3,(H,18,19,20);6,8-9,20H,2-5,7H2,1H3,(H,17,18,19);6,8H,2-5,7H2,1H3,(H,17,18,19);6,8-9H,2-5,7H2,1H3;6H,1-5H2;5H,1-4H2,(H,10,11);2,10H,1H3,(H,7,8,9);1,3H;;;;;;/q;;;;;;;;;3*+1;2*-1/p-1. The number of nitrogens with zero attached hydrogens (tertiary/aromatic N) is 11. The number of ether oxygens (including phenoxy) is 4. The van der Waals surface area contributed by atoms with Crippen LogP contribution in [0.2, 0.25) is 26.4 Å². The van der Waals surface area contributed by atoms with Crippen LogP contribution in [0.25, 0.3) is 0 Å². The number of aliphatic hydroxyl groups excluding tert-OH is 1. The minimum absolute atomic E-state index is 0. The fourth-order valence-corrected chi connectivity index (χ4v) is 15.5. The van der Waals surface area contributed by atoms with E-state index in [-0.39, 0.29) is 371 Å². The number of carboxylic acid groups (broad SMARTS) is 1. The number of Topliss-reactive ketones (excluding diaryl/α,β-unsaturated/α-hetero) is 2. The SMILES string of the molecule is CN1c2nc(Cl)ncc2OCC1C1CCC(F)(F)CC1.CNc1nc(Cl)ncc1O.CNc1nc(Cl)ncc1OCC(=O)C1CCC(F)(F)CC1.CNc1nc(Cl)ncc1OCC(O)C1CCC(F)(F)CC1.CNc1nc(Cl)ncc1OCC(OS(C)(=O)=O)C1CCC(F)(F)CC1.O=C(CBr)C1CCC(F)(F)CC1.O=C(O)C1CCC(F)(F)CC1.O=CO[O-].[B].[H-].[H-].[K+].[K+].[Na+]. The molecule has 0 saturated heterocycles. The number of carbonyl (C=O) groups is 4. The Bertz CT molecular complexity index is 4320. The molecule has 0 spiro atoms. The molecule has 3 unspecified atom stereocenters. The van der Waals surface area contributed by atoms with E-state index < -0.39 is 69.7 Å². The number of alkyl halides is 13. The summed E-state index contributed by atoms with van der Waals surface area (Å²) in [7, 11) is 4.68. The number of aromatic nitrogens is 10. The van der Waals surface area contributed by atoms with Crippen LogP contribution in [0.1, 0.15) is 157 Å². The molecule has 54 heteroatoms. The number of likely N-dealkylation sites (N-methyl/N-ethyl adjacent to an activating group) is 1. The largest absolute Gasteiger partial charge is 1.00 e. The zero-order valence-electron chi connectivity index (χ0n) is 73.5. The Kier molecular flexibility index (Phi) is 56.8. The third-order valence-electron chi connectivity index (χ3n) is 20.8. The van der Waals surface area contributed by atoms with E-state index in [1.54, 1.807) is 34.4 Å². The maximum absolute atomic E-state index is 13.3. The molecule has 0 bridgehead atoms. The fraction of sp³-hybridized carbons (Fsp3) is 0.676. The maximum atomic E-state index is 13.3. The number of ketones is 2. The Labute approximate surface area is 878 Å². The van der Waals surface area contributed by atoms with Crippen LogP contribution in [-0.2, 0) is 38.4 Å².